The normalized spacial score (nSPS) is 11.5. The molecule has 0 atom stereocenters. The third-order valence-corrected chi connectivity index (χ3v) is 11.0. The molecule has 0 bridgehead atoms. The Hall–Kier alpha value is -7.69. The molecule has 0 saturated carbocycles. The lowest BCUT2D eigenvalue weighted by Crippen LogP contribution is -2.00. The molecule has 0 aliphatic rings. The summed E-state index contributed by atoms with van der Waals surface area (Å²) in [4.78, 5) is 15.0. The van der Waals surface area contributed by atoms with Gasteiger partial charge in [-0.2, -0.15) is 0 Å². The summed E-state index contributed by atoms with van der Waals surface area (Å²) in [7, 11) is 0. The van der Waals surface area contributed by atoms with Crippen LogP contribution >= 0.6 is 0 Å². The van der Waals surface area contributed by atoms with Crippen LogP contribution < -0.4 is 0 Å². The summed E-state index contributed by atoms with van der Waals surface area (Å²) in [5, 5.41) is 7.33. The number of hydrogen-bond donors (Lipinski definition) is 0. The molecule has 0 saturated heterocycles. The van der Waals surface area contributed by atoms with Crippen molar-refractivity contribution in [2.75, 3.05) is 0 Å². The average molecular weight is 727 g/mol. The fourth-order valence-electron chi connectivity index (χ4n) is 8.51. The summed E-state index contributed by atoms with van der Waals surface area (Å²) in [6, 6.07) is 73.0. The molecule has 4 heteroatoms. The van der Waals surface area contributed by atoms with Gasteiger partial charge in [-0.25, -0.2) is 15.0 Å². The molecule has 11 aromatic rings. The van der Waals surface area contributed by atoms with Crippen LogP contribution in [-0.4, -0.2) is 19.5 Å². The van der Waals surface area contributed by atoms with Gasteiger partial charge >= 0.3 is 0 Å². The zero-order valence-corrected chi connectivity index (χ0v) is 30.9. The lowest BCUT2D eigenvalue weighted by Gasteiger charge is -2.20. The van der Waals surface area contributed by atoms with Gasteiger partial charge in [0.2, 0.25) is 0 Å². The summed E-state index contributed by atoms with van der Waals surface area (Å²) < 4.78 is 2.44. The number of rotatable bonds is 6. The molecule has 0 spiro atoms. The molecule has 0 aliphatic carbocycles. The summed E-state index contributed by atoms with van der Waals surface area (Å²) in [5.74, 6) is 1.93. The Balaban J connectivity index is 1.17. The van der Waals surface area contributed by atoms with Gasteiger partial charge in [0, 0.05) is 44.3 Å². The van der Waals surface area contributed by atoms with Crippen LogP contribution in [-0.2, 0) is 0 Å². The summed E-state index contributed by atoms with van der Waals surface area (Å²) in [6.45, 7) is 0. The van der Waals surface area contributed by atoms with E-state index >= 15 is 0 Å². The molecular weight excluding hydrogens is 693 g/mol. The van der Waals surface area contributed by atoms with Crippen molar-refractivity contribution in [3.63, 3.8) is 0 Å². The van der Waals surface area contributed by atoms with Gasteiger partial charge in [0.05, 0.1) is 11.0 Å². The van der Waals surface area contributed by atoms with Crippen molar-refractivity contribution >= 4 is 43.4 Å². The Morgan fingerprint density at radius 2 is 0.702 bits per heavy atom. The topological polar surface area (TPSA) is 43.6 Å². The van der Waals surface area contributed by atoms with Gasteiger partial charge in [-0.3, -0.25) is 0 Å². The molecule has 0 fully saturated rings. The van der Waals surface area contributed by atoms with E-state index in [9.17, 15) is 0 Å². The highest BCUT2D eigenvalue weighted by Gasteiger charge is 2.23. The molecule has 2 aromatic heterocycles. The van der Waals surface area contributed by atoms with E-state index in [0.717, 1.165) is 27.9 Å². The van der Waals surface area contributed by atoms with Crippen LogP contribution in [0.2, 0.25) is 0 Å². The highest BCUT2D eigenvalue weighted by Crippen LogP contribution is 2.48. The molecule has 0 aliphatic heterocycles. The maximum absolute atomic E-state index is 5.03. The van der Waals surface area contributed by atoms with Crippen LogP contribution in [0.25, 0.3) is 105 Å². The summed E-state index contributed by atoms with van der Waals surface area (Å²) in [5.41, 5.74) is 11.0. The van der Waals surface area contributed by atoms with Gasteiger partial charge in [0.1, 0.15) is 0 Å². The molecule has 57 heavy (non-hydrogen) atoms. The van der Waals surface area contributed by atoms with E-state index in [1.807, 2.05) is 60.7 Å². The zero-order chi connectivity index (χ0) is 37.7. The van der Waals surface area contributed by atoms with Gasteiger partial charge in [0.15, 0.2) is 17.5 Å². The Labute approximate surface area is 330 Å². The van der Waals surface area contributed by atoms with Gasteiger partial charge in [-0.05, 0) is 50.9 Å². The van der Waals surface area contributed by atoms with Crippen LogP contribution in [0.3, 0.4) is 0 Å². The zero-order valence-electron chi connectivity index (χ0n) is 30.9. The molecule has 9 aromatic carbocycles. The van der Waals surface area contributed by atoms with Crippen molar-refractivity contribution in [3.05, 3.63) is 206 Å². The minimum Gasteiger partial charge on any atom is -0.309 e. The van der Waals surface area contributed by atoms with E-state index in [-0.39, 0.29) is 0 Å². The number of nitrogens with zero attached hydrogens (tertiary/aromatic N) is 4. The lowest BCUT2D eigenvalue weighted by atomic mass is 9.84. The largest absolute Gasteiger partial charge is 0.309 e. The first-order valence-electron chi connectivity index (χ1n) is 19.3. The first-order valence-corrected chi connectivity index (χ1v) is 19.3. The maximum Gasteiger partial charge on any atom is 0.164 e. The third-order valence-electron chi connectivity index (χ3n) is 11.0. The molecule has 266 valence electrons. The van der Waals surface area contributed by atoms with E-state index in [2.05, 4.69) is 150 Å². The molecule has 0 radical (unpaired) electrons. The molecule has 2 heterocycles. The highest BCUT2D eigenvalue weighted by atomic mass is 15.0. The second-order valence-electron chi connectivity index (χ2n) is 14.3. The molecule has 11 rings (SSSR count). The van der Waals surface area contributed by atoms with Crippen molar-refractivity contribution in [1.82, 2.24) is 19.5 Å². The van der Waals surface area contributed by atoms with Gasteiger partial charge in [0.25, 0.3) is 0 Å². The number of para-hydroxylation sites is 3. The second kappa shape index (κ2) is 13.6. The predicted octanol–water partition coefficient (Wildman–Crippen LogP) is 13.6. The SMILES string of the molecule is c1ccc(-c2nc(-c3ccccc3)nc(-c3ccc(-c4c(-c5cccc6c7ccccc7n(-c7ccccc7)c56)c5ccccc5c5ccccc45)cc3)n2)cc1. The number of fused-ring (bicyclic) bond motifs is 6. The molecule has 4 nitrogen and oxygen atoms in total. The third kappa shape index (κ3) is 5.50. The lowest BCUT2D eigenvalue weighted by molar-refractivity contribution is 1.07. The van der Waals surface area contributed by atoms with E-state index in [4.69, 9.17) is 15.0 Å². The van der Waals surface area contributed by atoms with Crippen LogP contribution in [0.15, 0.2) is 206 Å². The van der Waals surface area contributed by atoms with Crippen molar-refractivity contribution in [2.24, 2.45) is 0 Å². The Morgan fingerprint density at radius 1 is 0.281 bits per heavy atom. The van der Waals surface area contributed by atoms with E-state index in [1.54, 1.807) is 0 Å². The fraction of sp³-hybridized carbons (Fsp3) is 0. The molecule has 0 N–H and O–H groups in total. The fourth-order valence-corrected chi connectivity index (χ4v) is 8.51. The Morgan fingerprint density at radius 3 is 1.28 bits per heavy atom. The molecular formula is C53H34N4. The van der Waals surface area contributed by atoms with Gasteiger partial charge in [-0.15, -0.1) is 0 Å². The van der Waals surface area contributed by atoms with Crippen LogP contribution in [0, 0.1) is 0 Å². The minimum atomic E-state index is 0.634. The van der Waals surface area contributed by atoms with Crippen molar-refractivity contribution in [2.45, 2.75) is 0 Å². The van der Waals surface area contributed by atoms with Crippen LogP contribution in [0.1, 0.15) is 0 Å². The maximum atomic E-state index is 5.03. The smallest absolute Gasteiger partial charge is 0.164 e. The highest BCUT2D eigenvalue weighted by molar-refractivity contribution is 6.25. The standard InChI is InChI=1S/C53H34N4/c1-4-17-36(18-5-1)51-54-52(37-19-6-2-7-20-37)56-53(55-51)38-33-31-35(32-34-38)48-43-26-12-10-23-40(43)41-24-11-13-27-44(41)49(48)46-29-16-28-45-42-25-14-15-30-47(42)57(50(45)46)39-21-8-3-9-22-39/h1-34H. The number of aromatic nitrogens is 4. The van der Waals surface area contributed by atoms with E-state index in [0.29, 0.717) is 17.5 Å². The summed E-state index contributed by atoms with van der Waals surface area (Å²) in [6.07, 6.45) is 0. The van der Waals surface area contributed by atoms with Crippen molar-refractivity contribution < 1.29 is 0 Å². The summed E-state index contributed by atoms with van der Waals surface area (Å²) >= 11 is 0. The molecule has 0 unspecified atom stereocenters. The first kappa shape index (κ1) is 32.7. The second-order valence-corrected chi connectivity index (χ2v) is 14.3. The van der Waals surface area contributed by atoms with Gasteiger partial charge in [-0.1, -0.05) is 188 Å². The minimum absolute atomic E-state index is 0.634. The van der Waals surface area contributed by atoms with Gasteiger partial charge < -0.3 is 4.57 Å². The quantitative estimate of drug-likeness (QED) is 0.160. The van der Waals surface area contributed by atoms with E-state index < -0.39 is 0 Å². The predicted molar refractivity (Wildman–Crippen MR) is 236 cm³/mol. The average Bonchev–Trinajstić information content (AvgIpc) is 3.64. The van der Waals surface area contributed by atoms with Crippen LogP contribution in [0.5, 0.6) is 0 Å². The molecule has 0 amide bonds. The first-order chi connectivity index (χ1) is 28.3. The number of benzene rings is 9. The number of hydrogen-bond acceptors (Lipinski definition) is 3. The van der Waals surface area contributed by atoms with Crippen molar-refractivity contribution in [3.8, 4) is 62.1 Å². The van der Waals surface area contributed by atoms with E-state index in [1.165, 1.54) is 60.0 Å². The van der Waals surface area contributed by atoms with Crippen molar-refractivity contribution in [1.29, 1.82) is 0 Å². The monoisotopic (exact) mass is 726 g/mol. The Kier molecular flexibility index (Phi) is 7.78. The Bertz CT molecular complexity index is 3200. The van der Waals surface area contributed by atoms with Crippen LogP contribution in [0.4, 0.5) is 0 Å².